The third kappa shape index (κ3) is 5.06. The highest BCUT2D eigenvalue weighted by molar-refractivity contribution is 8.00. The van der Waals surface area contributed by atoms with Crippen molar-refractivity contribution in [1.82, 2.24) is 5.32 Å². The minimum Gasteiger partial charge on any atom is -0.337 e. The Morgan fingerprint density at radius 3 is 2.18 bits per heavy atom. The summed E-state index contributed by atoms with van der Waals surface area (Å²) in [6.45, 7) is 12.2. The van der Waals surface area contributed by atoms with Crippen molar-refractivity contribution in [3.63, 3.8) is 0 Å². The van der Waals surface area contributed by atoms with E-state index in [1.165, 1.54) is 17.3 Å². The van der Waals surface area contributed by atoms with E-state index >= 15 is 0 Å². The summed E-state index contributed by atoms with van der Waals surface area (Å²) >= 11 is 1.49. The Kier molecular flexibility index (Phi) is 6.08. The van der Waals surface area contributed by atoms with Crippen molar-refractivity contribution in [2.24, 2.45) is 5.92 Å². The molecule has 1 amide bonds. The fourth-order valence-electron chi connectivity index (χ4n) is 1.83. The van der Waals surface area contributed by atoms with Crippen molar-refractivity contribution >= 4 is 17.7 Å². The van der Waals surface area contributed by atoms with Gasteiger partial charge in [0.1, 0.15) is 5.54 Å². The Labute approximate surface area is 138 Å². The molecular weight excluding hydrogens is 292 g/mol. The molecule has 0 radical (unpaired) electrons. The molecule has 1 N–H and O–H groups in total. The molecule has 4 heteroatoms. The molecule has 3 nitrogen and oxygen atoms in total. The van der Waals surface area contributed by atoms with Crippen molar-refractivity contribution in [3.05, 3.63) is 29.8 Å². The molecule has 0 aliphatic rings. The predicted octanol–water partition coefficient (Wildman–Crippen LogP) is 4.13. The lowest BCUT2D eigenvalue weighted by molar-refractivity contribution is -0.120. The quantitative estimate of drug-likeness (QED) is 0.830. The van der Waals surface area contributed by atoms with Gasteiger partial charge in [0.2, 0.25) is 5.91 Å². The van der Waals surface area contributed by atoms with Gasteiger partial charge >= 0.3 is 0 Å². The summed E-state index contributed by atoms with van der Waals surface area (Å²) in [6, 6.07) is 10.5. The van der Waals surface area contributed by atoms with Crippen LogP contribution in [0, 0.1) is 17.2 Å². The molecule has 0 aliphatic heterocycles. The highest BCUT2D eigenvalue weighted by Crippen LogP contribution is 2.25. The van der Waals surface area contributed by atoms with Gasteiger partial charge in [0.25, 0.3) is 0 Å². The number of nitriles is 1. The average Bonchev–Trinajstić information content (AvgIpc) is 2.44. The molecular formula is C18H26N2OS. The summed E-state index contributed by atoms with van der Waals surface area (Å²) in [5.74, 6) is 0.277. The van der Waals surface area contributed by atoms with E-state index in [0.717, 1.165) is 4.90 Å². The molecule has 0 fully saturated rings. The van der Waals surface area contributed by atoms with Crippen LogP contribution >= 0.6 is 11.8 Å². The average molecular weight is 318 g/mol. The standard InChI is InChI=1S/C18H26N2OS/c1-13(2)18(6,12-19)20-16(21)11-22-15-9-7-14(8-10-15)17(3,4)5/h7-10,13H,11H2,1-6H3,(H,20,21)/t18-/m0/s1. The summed E-state index contributed by atoms with van der Waals surface area (Å²) < 4.78 is 0. The van der Waals surface area contributed by atoms with E-state index in [-0.39, 0.29) is 17.2 Å². The number of benzene rings is 1. The van der Waals surface area contributed by atoms with Gasteiger partial charge in [-0.1, -0.05) is 46.8 Å². The fourth-order valence-corrected chi connectivity index (χ4v) is 2.53. The van der Waals surface area contributed by atoms with Crippen molar-refractivity contribution in [2.75, 3.05) is 5.75 Å². The Morgan fingerprint density at radius 2 is 1.77 bits per heavy atom. The number of carbonyl (C=O) groups is 1. The first-order chi connectivity index (χ1) is 10.1. The van der Waals surface area contributed by atoms with E-state index in [4.69, 9.17) is 0 Å². The van der Waals surface area contributed by atoms with Crippen LogP contribution in [0.5, 0.6) is 0 Å². The summed E-state index contributed by atoms with van der Waals surface area (Å²) in [6.07, 6.45) is 0. The van der Waals surface area contributed by atoms with Gasteiger partial charge < -0.3 is 5.32 Å². The lowest BCUT2D eigenvalue weighted by Crippen LogP contribution is -2.49. The van der Waals surface area contributed by atoms with Gasteiger partial charge in [-0.15, -0.1) is 11.8 Å². The van der Waals surface area contributed by atoms with E-state index in [0.29, 0.717) is 5.75 Å². The first-order valence-corrected chi connectivity index (χ1v) is 8.52. The normalized spacial score (nSPS) is 14.3. The smallest absolute Gasteiger partial charge is 0.231 e. The molecule has 1 rings (SSSR count). The van der Waals surface area contributed by atoms with Crippen LogP contribution < -0.4 is 5.32 Å². The van der Waals surface area contributed by atoms with Crippen LogP contribution in [0.1, 0.15) is 47.1 Å². The number of nitrogens with one attached hydrogen (secondary N) is 1. The van der Waals surface area contributed by atoms with Gasteiger partial charge in [0.05, 0.1) is 11.8 Å². The molecule has 22 heavy (non-hydrogen) atoms. The van der Waals surface area contributed by atoms with Crippen molar-refractivity contribution in [3.8, 4) is 6.07 Å². The Hall–Kier alpha value is -1.47. The lowest BCUT2D eigenvalue weighted by Gasteiger charge is -2.27. The first kappa shape index (κ1) is 18.6. The minimum absolute atomic E-state index is 0.0671. The Morgan fingerprint density at radius 1 is 1.23 bits per heavy atom. The largest absolute Gasteiger partial charge is 0.337 e. The summed E-state index contributed by atoms with van der Waals surface area (Å²) in [7, 11) is 0. The number of nitrogens with zero attached hydrogens (tertiary/aromatic N) is 1. The van der Waals surface area contributed by atoms with Crippen LogP contribution in [-0.4, -0.2) is 17.2 Å². The lowest BCUT2D eigenvalue weighted by atomic mass is 9.87. The molecule has 1 atom stereocenters. The summed E-state index contributed by atoms with van der Waals surface area (Å²) in [4.78, 5) is 13.1. The summed E-state index contributed by atoms with van der Waals surface area (Å²) in [5, 5.41) is 12.1. The molecule has 0 bridgehead atoms. The molecule has 0 unspecified atom stereocenters. The number of amides is 1. The third-order valence-electron chi connectivity index (χ3n) is 3.88. The maximum atomic E-state index is 12.0. The number of carbonyl (C=O) groups excluding carboxylic acids is 1. The highest BCUT2D eigenvalue weighted by atomic mass is 32.2. The van der Waals surface area contributed by atoms with Crippen LogP contribution in [-0.2, 0) is 10.2 Å². The molecule has 0 spiro atoms. The molecule has 1 aromatic carbocycles. The van der Waals surface area contributed by atoms with Gasteiger partial charge in [0.15, 0.2) is 0 Å². The van der Waals surface area contributed by atoms with Crippen molar-refractivity contribution in [2.45, 2.75) is 57.4 Å². The predicted molar refractivity (Wildman–Crippen MR) is 92.9 cm³/mol. The van der Waals surface area contributed by atoms with E-state index < -0.39 is 5.54 Å². The topological polar surface area (TPSA) is 52.9 Å². The van der Waals surface area contributed by atoms with E-state index in [1.807, 2.05) is 26.0 Å². The van der Waals surface area contributed by atoms with Gasteiger partial charge in [-0.05, 0) is 36.0 Å². The van der Waals surface area contributed by atoms with Gasteiger partial charge in [-0.3, -0.25) is 4.79 Å². The molecule has 0 aliphatic carbocycles. The van der Waals surface area contributed by atoms with Gasteiger partial charge in [0, 0.05) is 4.90 Å². The second-order valence-electron chi connectivity index (χ2n) is 7.08. The van der Waals surface area contributed by atoms with Crippen molar-refractivity contribution < 1.29 is 4.79 Å². The van der Waals surface area contributed by atoms with Crippen LogP contribution in [0.15, 0.2) is 29.2 Å². The van der Waals surface area contributed by atoms with E-state index in [1.54, 1.807) is 6.92 Å². The number of hydrogen-bond donors (Lipinski definition) is 1. The zero-order valence-electron chi connectivity index (χ0n) is 14.4. The van der Waals surface area contributed by atoms with Crippen LogP contribution in [0.4, 0.5) is 0 Å². The van der Waals surface area contributed by atoms with E-state index in [9.17, 15) is 10.1 Å². The molecule has 0 saturated heterocycles. The molecule has 1 aromatic rings. The molecule has 120 valence electrons. The Bertz CT molecular complexity index is 552. The zero-order valence-corrected chi connectivity index (χ0v) is 15.2. The maximum Gasteiger partial charge on any atom is 0.231 e. The van der Waals surface area contributed by atoms with Crippen LogP contribution in [0.3, 0.4) is 0 Å². The maximum absolute atomic E-state index is 12.0. The second-order valence-corrected chi connectivity index (χ2v) is 8.13. The summed E-state index contributed by atoms with van der Waals surface area (Å²) in [5.41, 5.74) is 0.596. The molecule has 0 saturated carbocycles. The number of rotatable bonds is 5. The number of thioether (sulfide) groups is 1. The second kappa shape index (κ2) is 7.19. The first-order valence-electron chi connectivity index (χ1n) is 7.54. The SMILES string of the molecule is CC(C)[C@](C)(C#N)NC(=O)CSc1ccc(C(C)(C)C)cc1. The highest BCUT2D eigenvalue weighted by Gasteiger charge is 2.29. The Balaban J connectivity index is 2.60. The zero-order chi connectivity index (χ0) is 17.0. The van der Waals surface area contributed by atoms with E-state index in [2.05, 4.69) is 44.3 Å². The molecule has 0 aromatic heterocycles. The monoisotopic (exact) mass is 318 g/mol. The molecule has 0 heterocycles. The van der Waals surface area contributed by atoms with Crippen LogP contribution in [0.25, 0.3) is 0 Å². The fraction of sp³-hybridized carbons (Fsp3) is 0.556. The van der Waals surface area contributed by atoms with Crippen LogP contribution in [0.2, 0.25) is 0 Å². The minimum atomic E-state index is -0.812. The van der Waals surface area contributed by atoms with Gasteiger partial charge in [-0.2, -0.15) is 5.26 Å². The number of hydrogen-bond acceptors (Lipinski definition) is 3. The van der Waals surface area contributed by atoms with Gasteiger partial charge in [-0.25, -0.2) is 0 Å². The van der Waals surface area contributed by atoms with Crippen molar-refractivity contribution in [1.29, 1.82) is 5.26 Å². The third-order valence-corrected chi connectivity index (χ3v) is 4.89.